The zero-order valence-electron chi connectivity index (χ0n) is 13.5. The van der Waals surface area contributed by atoms with Crippen molar-refractivity contribution in [2.75, 3.05) is 7.05 Å². The minimum Gasteiger partial charge on any atom is -0.292 e. The standard InChI is InChI=1S/C17H21N5/c1-12-9-13(2)22-15(10-19-17(22)20-12)11-21(4)14(3)16-7-5-6-8-18-16/h5-10,14H,11H2,1-4H3. The van der Waals surface area contributed by atoms with E-state index < -0.39 is 0 Å². The predicted octanol–water partition coefficient (Wildman–Crippen LogP) is 2.93. The lowest BCUT2D eigenvalue weighted by Gasteiger charge is -2.24. The predicted molar refractivity (Wildman–Crippen MR) is 86.6 cm³/mol. The monoisotopic (exact) mass is 295 g/mol. The first-order chi connectivity index (χ1) is 10.6. The van der Waals surface area contributed by atoms with Crippen LogP contribution in [0.4, 0.5) is 0 Å². The molecule has 3 heterocycles. The Morgan fingerprint density at radius 3 is 2.77 bits per heavy atom. The molecule has 0 amide bonds. The van der Waals surface area contributed by atoms with Gasteiger partial charge in [-0.3, -0.25) is 14.3 Å². The summed E-state index contributed by atoms with van der Waals surface area (Å²) in [7, 11) is 2.11. The van der Waals surface area contributed by atoms with Crippen LogP contribution < -0.4 is 0 Å². The second-order valence-electron chi connectivity index (χ2n) is 5.77. The minimum absolute atomic E-state index is 0.241. The quantitative estimate of drug-likeness (QED) is 0.742. The van der Waals surface area contributed by atoms with Crippen LogP contribution in [0.5, 0.6) is 0 Å². The van der Waals surface area contributed by atoms with Crippen LogP contribution in [-0.4, -0.2) is 31.3 Å². The molecule has 0 aliphatic rings. The summed E-state index contributed by atoms with van der Waals surface area (Å²) in [6.45, 7) is 7.05. The maximum atomic E-state index is 4.49. The molecule has 5 heteroatoms. The van der Waals surface area contributed by atoms with E-state index in [1.807, 2.05) is 31.5 Å². The van der Waals surface area contributed by atoms with E-state index in [0.29, 0.717) is 0 Å². The van der Waals surface area contributed by atoms with Gasteiger partial charge in [-0.05, 0) is 46.0 Å². The summed E-state index contributed by atoms with van der Waals surface area (Å²) >= 11 is 0. The van der Waals surface area contributed by atoms with E-state index in [4.69, 9.17) is 0 Å². The van der Waals surface area contributed by atoms with Crippen molar-refractivity contribution in [3.63, 3.8) is 0 Å². The van der Waals surface area contributed by atoms with Crippen molar-refractivity contribution in [2.45, 2.75) is 33.4 Å². The van der Waals surface area contributed by atoms with E-state index in [9.17, 15) is 0 Å². The number of aromatic nitrogens is 4. The second kappa shape index (κ2) is 5.85. The van der Waals surface area contributed by atoms with Gasteiger partial charge in [0.1, 0.15) is 0 Å². The SMILES string of the molecule is Cc1cc(C)n2c(CN(C)C(C)c3ccccn3)cnc2n1. The molecule has 1 unspecified atom stereocenters. The Balaban J connectivity index is 1.87. The average Bonchev–Trinajstić information content (AvgIpc) is 2.90. The smallest absolute Gasteiger partial charge is 0.234 e. The van der Waals surface area contributed by atoms with Crippen molar-refractivity contribution >= 4 is 5.78 Å². The molecule has 0 N–H and O–H groups in total. The Hall–Kier alpha value is -2.27. The number of imidazole rings is 1. The van der Waals surface area contributed by atoms with Gasteiger partial charge >= 0.3 is 0 Å². The summed E-state index contributed by atoms with van der Waals surface area (Å²) in [5.41, 5.74) is 4.38. The molecule has 3 aromatic heterocycles. The van der Waals surface area contributed by atoms with E-state index in [1.54, 1.807) is 0 Å². The van der Waals surface area contributed by atoms with Crippen LogP contribution in [0.2, 0.25) is 0 Å². The van der Waals surface area contributed by atoms with Crippen molar-refractivity contribution in [3.05, 3.63) is 59.4 Å². The summed E-state index contributed by atoms with van der Waals surface area (Å²) in [5.74, 6) is 0.770. The summed E-state index contributed by atoms with van der Waals surface area (Å²) in [6, 6.07) is 8.35. The van der Waals surface area contributed by atoms with Crippen LogP contribution in [0.15, 0.2) is 36.7 Å². The second-order valence-corrected chi connectivity index (χ2v) is 5.77. The Kier molecular flexibility index (Phi) is 3.90. The first kappa shape index (κ1) is 14.7. The van der Waals surface area contributed by atoms with Crippen molar-refractivity contribution in [2.24, 2.45) is 0 Å². The number of hydrogen-bond donors (Lipinski definition) is 0. The first-order valence-electron chi connectivity index (χ1n) is 7.48. The average molecular weight is 295 g/mol. The molecule has 1 atom stereocenters. The van der Waals surface area contributed by atoms with Gasteiger partial charge in [-0.2, -0.15) is 0 Å². The van der Waals surface area contributed by atoms with Crippen molar-refractivity contribution in [1.29, 1.82) is 0 Å². The highest BCUT2D eigenvalue weighted by Crippen LogP contribution is 2.19. The molecule has 0 fully saturated rings. The number of pyridine rings is 1. The highest BCUT2D eigenvalue weighted by atomic mass is 15.2. The lowest BCUT2D eigenvalue weighted by Crippen LogP contribution is -2.23. The summed E-state index contributed by atoms with van der Waals surface area (Å²) in [6.07, 6.45) is 3.75. The molecular weight excluding hydrogens is 274 g/mol. The van der Waals surface area contributed by atoms with Crippen LogP contribution in [0.3, 0.4) is 0 Å². The fourth-order valence-corrected chi connectivity index (χ4v) is 2.75. The number of rotatable bonds is 4. The topological polar surface area (TPSA) is 46.3 Å². The molecule has 5 nitrogen and oxygen atoms in total. The van der Waals surface area contributed by atoms with Gasteiger partial charge < -0.3 is 0 Å². The Bertz CT molecular complexity index is 778. The number of hydrogen-bond acceptors (Lipinski definition) is 4. The molecule has 3 aromatic rings. The molecule has 0 aromatic carbocycles. The molecule has 0 bridgehead atoms. The van der Waals surface area contributed by atoms with Gasteiger partial charge in [-0.25, -0.2) is 9.97 Å². The first-order valence-corrected chi connectivity index (χ1v) is 7.48. The Labute approximate surface area is 130 Å². The fourth-order valence-electron chi connectivity index (χ4n) is 2.75. The molecule has 0 aliphatic heterocycles. The summed E-state index contributed by atoms with van der Waals surface area (Å²) in [4.78, 5) is 15.6. The number of nitrogens with zero attached hydrogens (tertiary/aromatic N) is 5. The van der Waals surface area contributed by atoms with Gasteiger partial charge in [-0.1, -0.05) is 6.07 Å². The zero-order valence-corrected chi connectivity index (χ0v) is 13.5. The van der Waals surface area contributed by atoms with Crippen molar-refractivity contribution in [3.8, 4) is 0 Å². The van der Waals surface area contributed by atoms with E-state index >= 15 is 0 Å². The van der Waals surface area contributed by atoms with Gasteiger partial charge in [0.25, 0.3) is 0 Å². The molecule has 3 rings (SSSR count). The molecule has 0 saturated heterocycles. The molecule has 0 spiro atoms. The fraction of sp³-hybridized carbons (Fsp3) is 0.353. The van der Waals surface area contributed by atoms with Gasteiger partial charge in [0.05, 0.1) is 17.6 Å². The third kappa shape index (κ3) is 2.72. The van der Waals surface area contributed by atoms with E-state index in [0.717, 1.165) is 35.1 Å². The largest absolute Gasteiger partial charge is 0.292 e. The third-order valence-corrected chi connectivity index (χ3v) is 4.05. The van der Waals surface area contributed by atoms with Crippen LogP contribution in [0.25, 0.3) is 5.78 Å². The molecule has 114 valence electrons. The van der Waals surface area contributed by atoms with E-state index in [1.165, 1.54) is 0 Å². The molecule has 22 heavy (non-hydrogen) atoms. The van der Waals surface area contributed by atoms with E-state index in [-0.39, 0.29) is 6.04 Å². The van der Waals surface area contributed by atoms with Crippen LogP contribution in [0, 0.1) is 13.8 Å². The van der Waals surface area contributed by atoms with Gasteiger partial charge in [0.2, 0.25) is 5.78 Å². The lowest BCUT2D eigenvalue weighted by atomic mass is 10.2. The Morgan fingerprint density at radius 2 is 2.05 bits per heavy atom. The number of aryl methyl sites for hydroxylation is 2. The van der Waals surface area contributed by atoms with Gasteiger partial charge in [0, 0.05) is 30.2 Å². The maximum absolute atomic E-state index is 4.49. The molecular formula is C17H21N5. The summed E-state index contributed by atoms with van der Waals surface area (Å²) < 4.78 is 2.12. The normalized spacial score (nSPS) is 13.0. The molecule has 0 aliphatic carbocycles. The molecule has 0 radical (unpaired) electrons. The summed E-state index contributed by atoms with van der Waals surface area (Å²) in [5, 5.41) is 0. The van der Waals surface area contributed by atoms with Crippen molar-refractivity contribution in [1.82, 2.24) is 24.3 Å². The van der Waals surface area contributed by atoms with Gasteiger partial charge in [-0.15, -0.1) is 0 Å². The van der Waals surface area contributed by atoms with Gasteiger partial charge in [0.15, 0.2) is 0 Å². The molecule has 0 saturated carbocycles. The van der Waals surface area contributed by atoms with E-state index in [2.05, 4.69) is 57.3 Å². The Morgan fingerprint density at radius 1 is 1.23 bits per heavy atom. The van der Waals surface area contributed by atoms with Crippen LogP contribution >= 0.6 is 0 Å². The third-order valence-electron chi connectivity index (χ3n) is 4.05. The maximum Gasteiger partial charge on any atom is 0.234 e. The highest BCUT2D eigenvalue weighted by molar-refractivity contribution is 5.35. The zero-order chi connectivity index (χ0) is 15.7. The van der Waals surface area contributed by atoms with Crippen LogP contribution in [-0.2, 0) is 6.54 Å². The minimum atomic E-state index is 0.241. The van der Waals surface area contributed by atoms with Crippen molar-refractivity contribution < 1.29 is 0 Å². The highest BCUT2D eigenvalue weighted by Gasteiger charge is 2.16. The van der Waals surface area contributed by atoms with Crippen LogP contribution in [0.1, 0.15) is 35.7 Å². The lowest BCUT2D eigenvalue weighted by molar-refractivity contribution is 0.245. The number of fused-ring (bicyclic) bond motifs is 1.